The van der Waals surface area contributed by atoms with Crippen LogP contribution in [0, 0.1) is 13.8 Å². The summed E-state index contributed by atoms with van der Waals surface area (Å²) in [5.41, 5.74) is 2.56. The lowest BCUT2D eigenvalue weighted by atomic mass is 10.1. The maximum atomic E-state index is 12.8. The van der Waals surface area contributed by atoms with Gasteiger partial charge >= 0.3 is 5.69 Å². The number of para-hydroxylation sites is 1. The summed E-state index contributed by atoms with van der Waals surface area (Å²) in [6, 6.07) is 10.9. The van der Waals surface area contributed by atoms with Gasteiger partial charge in [-0.3, -0.25) is 4.79 Å². The molecule has 0 aliphatic heterocycles. The number of ketones is 1. The van der Waals surface area contributed by atoms with Gasteiger partial charge in [0.1, 0.15) is 6.54 Å². The van der Waals surface area contributed by atoms with Crippen LogP contribution in [-0.4, -0.2) is 43.9 Å². The van der Waals surface area contributed by atoms with Crippen molar-refractivity contribution in [2.24, 2.45) is 0 Å². The van der Waals surface area contributed by atoms with E-state index < -0.39 is 5.69 Å². The van der Waals surface area contributed by atoms with Crippen LogP contribution in [-0.2, 0) is 11.3 Å². The van der Waals surface area contributed by atoms with Crippen molar-refractivity contribution in [3.63, 3.8) is 0 Å². The van der Waals surface area contributed by atoms with Crippen molar-refractivity contribution in [1.82, 2.24) is 24.4 Å². The number of carbonyl (C=O) groups excluding carboxylic acids is 1. The Morgan fingerprint density at radius 2 is 1.89 bits per heavy atom. The monoisotopic (exact) mass is 369 g/mol. The molecule has 0 saturated heterocycles. The first-order chi connectivity index (χ1) is 12.9. The van der Waals surface area contributed by atoms with Crippen LogP contribution in [0.2, 0.25) is 0 Å². The Morgan fingerprint density at radius 3 is 2.56 bits per heavy atom. The summed E-state index contributed by atoms with van der Waals surface area (Å²) >= 11 is 0. The molecule has 27 heavy (non-hydrogen) atoms. The molecule has 1 atom stereocenters. The number of tetrazole rings is 1. The Morgan fingerprint density at radius 1 is 1.19 bits per heavy atom. The normalized spacial score (nSPS) is 12.3. The highest BCUT2D eigenvalue weighted by molar-refractivity contribution is 5.97. The van der Waals surface area contributed by atoms with Crippen molar-refractivity contribution in [2.45, 2.75) is 33.4 Å². The average molecular weight is 369 g/mol. The van der Waals surface area contributed by atoms with Crippen molar-refractivity contribution in [2.75, 3.05) is 13.7 Å². The highest BCUT2D eigenvalue weighted by Crippen LogP contribution is 2.21. The quantitative estimate of drug-likeness (QED) is 0.594. The van der Waals surface area contributed by atoms with Crippen LogP contribution in [0.4, 0.5) is 0 Å². The van der Waals surface area contributed by atoms with Crippen molar-refractivity contribution in [1.29, 1.82) is 0 Å². The zero-order chi connectivity index (χ0) is 19.6. The lowest BCUT2D eigenvalue weighted by Crippen LogP contribution is -2.27. The van der Waals surface area contributed by atoms with Crippen LogP contribution in [0.5, 0.6) is 0 Å². The van der Waals surface area contributed by atoms with Gasteiger partial charge in [-0.2, -0.15) is 9.36 Å². The lowest BCUT2D eigenvalue weighted by molar-refractivity contribution is 0.0964. The van der Waals surface area contributed by atoms with Gasteiger partial charge in [0.05, 0.1) is 18.3 Å². The predicted molar refractivity (Wildman–Crippen MR) is 100 cm³/mol. The third kappa shape index (κ3) is 3.61. The first-order valence-electron chi connectivity index (χ1n) is 8.72. The fourth-order valence-corrected chi connectivity index (χ4v) is 3.38. The molecule has 0 unspecified atom stereocenters. The van der Waals surface area contributed by atoms with Crippen LogP contribution in [0.3, 0.4) is 0 Å². The van der Waals surface area contributed by atoms with Crippen LogP contribution in [0.15, 0.2) is 41.2 Å². The molecule has 8 heteroatoms. The maximum absolute atomic E-state index is 12.8. The Kier molecular flexibility index (Phi) is 5.36. The second-order valence-electron chi connectivity index (χ2n) is 6.55. The minimum atomic E-state index is -0.448. The second-order valence-corrected chi connectivity index (χ2v) is 6.55. The minimum Gasteiger partial charge on any atom is -0.383 e. The molecule has 0 radical (unpaired) electrons. The van der Waals surface area contributed by atoms with Crippen LogP contribution in [0.1, 0.15) is 34.7 Å². The molecule has 0 saturated carbocycles. The number of nitrogens with zero attached hydrogens (tertiary/aromatic N) is 5. The van der Waals surface area contributed by atoms with Gasteiger partial charge in [-0.25, -0.2) is 4.79 Å². The smallest absolute Gasteiger partial charge is 0.368 e. The highest BCUT2D eigenvalue weighted by Gasteiger charge is 2.20. The van der Waals surface area contributed by atoms with Crippen LogP contribution < -0.4 is 5.69 Å². The molecular weight excluding hydrogens is 346 g/mol. The molecule has 2 aromatic heterocycles. The van der Waals surface area contributed by atoms with Crippen molar-refractivity contribution in [3.8, 4) is 5.69 Å². The molecule has 142 valence electrons. The van der Waals surface area contributed by atoms with Gasteiger partial charge in [-0.05, 0) is 49.4 Å². The number of carbonyl (C=O) groups is 1. The molecule has 0 fully saturated rings. The van der Waals surface area contributed by atoms with Crippen molar-refractivity contribution >= 4 is 5.78 Å². The van der Waals surface area contributed by atoms with Crippen LogP contribution in [0.25, 0.3) is 5.69 Å². The number of hydrogen-bond acceptors (Lipinski definition) is 5. The lowest BCUT2D eigenvalue weighted by Gasteiger charge is -2.17. The topological polar surface area (TPSA) is 83.9 Å². The zero-order valence-electron chi connectivity index (χ0n) is 15.9. The van der Waals surface area contributed by atoms with Gasteiger partial charge in [0.15, 0.2) is 5.78 Å². The van der Waals surface area contributed by atoms with Gasteiger partial charge < -0.3 is 9.30 Å². The van der Waals surface area contributed by atoms with E-state index in [1.807, 2.05) is 45.0 Å². The number of aromatic nitrogens is 5. The summed E-state index contributed by atoms with van der Waals surface area (Å²) in [6.45, 7) is 6.28. The third-order valence-electron chi connectivity index (χ3n) is 4.57. The van der Waals surface area contributed by atoms with E-state index in [0.29, 0.717) is 17.9 Å². The number of aryl methyl sites for hydroxylation is 1. The molecule has 2 heterocycles. The fourth-order valence-electron chi connectivity index (χ4n) is 3.38. The Balaban J connectivity index is 1.86. The molecular formula is C19H23N5O3. The van der Waals surface area contributed by atoms with E-state index in [1.165, 1.54) is 4.68 Å². The summed E-state index contributed by atoms with van der Waals surface area (Å²) in [5.74, 6) is -0.179. The Bertz CT molecular complexity index is 1000. The molecule has 0 spiro atoms. The van der Waals surface area contributed by atoms with Crippen molar-refractivity contribution in [3.05, 3.63) is 63.8 Å². The maximum Gasteiger partial charge on any atom is 0.368 e. The first kappa shape index (κ1) is 18.8. The van der Waals surface area contributed by atoms with Gasteiger partial charge in [-0.1, -0.05) is 18.2 Å². The summed E-state index contributed by atoms with van der Waals surface area (Å²) in [4.78, 5) is 25.3. The molecule has 0 amide bonds. The number of hydrogen-bond donors (Lipinski definition) is 0. The van der Waals surface area contributed by atoms with E-state index in [1.54, 1.807) is 19.2 Å². The SMILES string of the molecule is COC[C@@H](C)n1c(C)cc(C(=O)Cn2nnn(-c3ccccc3)c2=O)c1C. The molecule has 1 aromatic carbocycles. The van der Waals surface area contributed by atoms with E-state index in [9.17, 15) is 9.59 Å². The van der Waals surface area contributed by atoms with Gasteiger partial charge in [-0.15, -0.1) is 0 Å². The second kappa shape index (κ2) is 7.71. The molecule has 0 N–H and O–H groups in total. The molecule has 0 aliphatic rings. The number of methoxy groups -OCH3 is 1. The summed E-state index contributed by atoms with van der Waals surface area (Å²) in [5, 5.41) is 7.72. The summed E-state index contributed by atoms with van der Waals surface area (Å²) in [7, 11) is 1.65. The first-order valence-corrected chi connectivity index (χ1v) is 8.72. The molecule has 0 aliphatic carbocycles. The highest BCUT2D eigenvalue weighted by atomic mass is 16.5. The zero-order valence-corrected chi connectivity index (χ0v) is 15.9. The van der Waals surface area contributed by atoms with Gasteiger partial charge in [0.2, 0.25) is 0 Å². The van der Waals surface area contributed by atoms with E-state index in [2.05, 4.69) is 15.0 Å². The third-order valence-corrected chi connectivity index (χ3v) is 4.57. The number of rotatable bonds is 7. The number of Topliss-reactive ketones (excluding diaryl/α,β-unsaturated/α-hetero) is 1. The molecule has 8 nitrogen and oxygen atoms in total. The van der Waals surface area contributed by atoms with Crippen molar-refractivity contribution < 1.29 is 9.53 Å². The number of ether oxygens (including phenoxy) is 1. The predicted octanol–water partition coefficient (Wildman–Crippen LogP) is 1.94. The van der Waals surface area contributed by atoms with E-state index in [0.717, 1.165) is 16.1 Å². The minimum absolute atomic E-state index is 0.109. The van der Waals surface area contributed by atoms with E-state index >= 15 is 0 Å². The van der Waals surface area contributed by atoms with Crippen LogP contribution >= 0.6 is 0 Å². The van der Waals surface area contributed by atoms with E-state index in [4.69, 9.17) is 4.74 Å². The average Bonchev–Trinajstić information content (AvgIpc) is 3.15. The van der Waals surface area contributed by atoms with Gasteiger partial charge in [0.25, 0.3) is 0 Å². The summed E-state index contributed by atoms with van der Waals surface area (Å²) in [6.07, 6.45) is 0. The standard InChI is InChI=1S/C19H23N5O3/c1-13-10-17(15(3)23(13)14(2)12-27-4)18(25)11-22-19(26)24(21-20-22)16-8-6-5-7-9-16/h5-10,14H,11-12H2,1-4H3/t14-/m1/s1. The van der Waals surface area contributed by atoms with E-state index in [-0.39, 0.29) is 18.4 Å². The molecule has 0 bridgehead atoms. The summed E-state index contributed by atoms with van der Waals surface area (Å²) < 4.78 is 9.55. The largest absolute Gasteiger partial charge is 0.383 e. The number of benzene rings is 1. The Hall–Kier alpha value is -3.00. The van der Waals surface area contributed by atoms with Gasteiger partial charge in [0, 0.05) is 24.1 Å². The molecule has 3 aromatic rings. The Labute approximate surface area is 157 Å². The molecule has 3 rings (SSSR count). The fraction of sp³-hybridized carbons (Fsp3) is 0.368.